The number of H-pyrrole nitrogens is 1. The fraction of sp³-hybridized carbons (Fsp3) is 0.0625. The molecule has 0 unspecified atom stereocenters. The summed E-state index contributed by atoms with van der Waals surface area (Å²) in [5.74, 6) is -1.79. The first-order valence-electron chi connectivity index (χ1n) is 6.88. The predicted molar refractivity (Wildman–Crippen MR) is 86.4 cm³/mol. The van der Waals surface area contributed by atoms with Gasteiger partial charge in [0.2, 0.25) is 0 Å². The normalized spacial score (nSPS) is 10.6. The summed E-state index contributed by atoms with van der Waals surface area (Å²) in [6.45, 7) is -0.477. The second kappa shape index (κ2) is 6.67. The second-order valence-electron chi connectivity index (χ2n) is 4.89. The quantitative estimate of drug-likeness (QED) is 0.710. The van der Waals surface area contributed by atoms with E-state index in [0.717, 1.165) is 11.6 Å². The Hall–Kier alpha value is -2.93. The van der Waals surface area contributed by atoms with Crippen molar-refractivity contribution in [2.75, 3.05) is 11.9 Å². The van der Waals surface area contributed by atoms with Crippen molar-refractivity contribution < 1.29 is 18.7 Å². The van der Waals surface area contributed by atoms with Crippen LogP contribution in [0.2, 0.25) is 5.02 Å². The minimum absolute atomic E-state index is 0.113. The molecule has 0 radical (unpaired) electrons. The van der Waals surface area contributed by atoms with Gasteiger partial charge in [-0.05, 0) is 36.4 Å². The number of hydrogen-bond acceptors (Lipinski definition) is 4. The van der Waals surface area contributed by atoms with Gasteiger partial charge in [-0.25, -0.2) is 14.2 Å². The van der Waals surface area contributed by atoms with Crippen LogP contribution < -0.4 is 5.32 Å². The summed E-state index contributed by atoms with van der Waals surface area (Å²) < 4.78 is 18.0. The molecule has 1 aromatic heterocycles. The number of nitrogens with one attached hydrogen (secondary N) is 2. The molecule has 24 heavy (non-hydrogen) atoms. The highest BCUT2D eigenvalue weighted by molar-refractivity contribution is 6.31. The zero-order chi connectivity index (χ0) is 17.1. The van der Waals surface area contributed by atoms with Gasteiger partial charge in [-0.2, -0.15) is 0 Å². The number of carbonyl (C=O) groups excluding carboxylic acids is 2. The minimum atomic E-state index is -0.640. The van der Waals surface area contributed by atoms with Crippen LogP contribution in [-0.4, -0.2) is 28.5 Å². The van der Waals surface area contributed by atoms with Crippen LogP contribution >= 0.6 is 11.6 Å². The van der Waals surface area contributed by atoms with Crippen LogP contribution in [0.5, 0.6) is 0 Å². The number of nitrogens with zero attached hydrogens (tertiary/aromatic N) is 1. The lowest BCUT2D eigenvalue weighted by Crippen LogP contribution is -2.21. The third kappa shape index (κ3) is 3.52. The number of imidazole rings is 1. The topological polar surface area (TPSA) is 84.1 Å². The van der Waals surface area contributed by atoms with E-state index in [1.54, 1.807) is 18.2 Å². The monoisotopic (exact) mass is 347 g/mol. The van der Waals surface area contributed by atoms with E-state index >= 15 is 0 Å². The summed E-state index contributed by atoms with van der Waals surface area (Å²) in [5, 5.41) is 2.35. The summed E-state index contributed by atoms with van der Waals surface area (Å²) in [6.07, 6.45) is 1.51. The second-order valence-corrected chi connectivity index (χ2v) is 5.29. The summed E-state index contributed by atoms with van der Waals surface area (Å²) in [4.78, 5) is 30.7. The number of fused-ring (bicyclic) bond motifs is 1. The Balaban J connectivity index is 1.58. The Morgan fingerprint density at radius 1 is 1.25 bits per heavy atom. The SMILES string of the molecule is O=C(COC(=O)c1ccc2nc[nH]c2c1)Nc1ccc(F)c(Cl)c1. The maximum Gasteiger partial charge on any atom is 0.338 e. The smallest absolute Gasteiger partial charge is 0.338 e. The molecule has 0 bridgehead atoms. The van der Waals surface area contributed by atoms with E-state index in [9.17, 15) is 14.0 Å². The Bertz CT molecular complexity index is 926. The van der Waals surface area contributed by atoms with E-state index in [4.69, 9.17) is 16.3 Å². The van der Waals surface area contributed by atoms with Gasteiger partial charge < -0.3 is 15.0 Å². The van der Waals surface area contributed by atoms with Crippen molar-refractivity contribution in [3.8, 4) is 0 Å². The molecular formula is C16H11ClFN3O3. The summed E-state index contributed by atoms with van der Waals surface area (Å²) >= 11 is 5.62. The first-order valence-corrected chi connectivity index (χ1v) is 7.26. The summed E-state index contributed by atoms with van der Waals surface area (Å²) in [5.41, 5.74) is 2.01. The number of ether oxygens (including phenoxy) is 1. The third-order valence-electron chi connectivity index (χ3n) is 3.19. The Morgan fingerprint density at radius 2 is 2.08 bits per heavy atom. The lowest BCUT2D eigenvalue weighted by atomic mass is 10.2. The number of carbonyl (C=O) groups is 2. The minimum Gasteiger partial charge on any atom is -0.452 e. The van der Waals surface area contributed by atoms with Crippen molar-refractivity contribution in [2.24, 2.45) is 0 Å². The molecule has 2 aromatic carbocycles. The van der Waals surface area contributed by atoms with Gasteiger partial charge in [-0.3, -0.25) is 4.79 Å². The van der Waals surface area contributed by atoms with E-state index in [1.807, 2.05) is 0 Å². The number of benzene rings is 2. The third-order valence-corrected chi connectivity index (χ3v) is 3.48. The molecule has 0 atom stereocenters. The molecule has 0 saturated heterocycles. The molecule has 0 spiro atoms. The lowest BCUT2D eigenvalue weighted by Gasteiger charge is -2.07. The van der Waals surface area contributed by atoms with Gasteiger partial charge in [0.15, 0.2) is 6.61 Å². The standard InChI is InChI=1S/C16H11ClFN3O3/c17-11-6-10(2-3-12(11)18)21-15(22)7-24-16(23)9-1-4-13-14(5-9)20-8-19-13/h1-6,8H,7H2,(H,19,20)(H,21,22). The number of hydrogen-bond donors (Lipinski definition) is 2. The molecule has 0 aliphatic heterocycles. The van der Waals surface area contributed by atoms with Gasteiger partial charge in [-0.15, -0.1) is 0 Å². The van der Waals surface area contributed by atoms with Crippen molar-refractivity contribution in [3.05, 3.63) is 59.1 Å². The van der Waals surface area contributed by atoms with Crippen LogP contribution in [0.15, 0.2) is 42.7 Å². The largest absolute Gasteiger partial charge is 0.452 e. The molecule has 0 saturated carbocycles. The van der Waals surface area contributed by atoms with Gasteiger partial charge in [0.1, 0.15) is 5.82 Å². The zero-order valence-electron chi connectivity index (χ0n) is 12.2. The number of esters is 1. The molecule has 2 N–H and O–H groups in total. The number of amides is 1. The average Bonchev–Trinajstić information content (AvgIpc) is 3.03. The van der Waals surface area contributed by atoms with Crippen molar-refractivity contribution in [1.29, 1.82) is 0 Å². The molecule has 8 heteroatoms. The van der Waals surface area contributed by atoms with E-state index in [0.29, 0.717) is 16.8 Å². The highest BCUT2D eigenvalue weighted by Crippen LogP contribution is 2.19. The molecule has 3 aromatic rings. The molecule has 122 valence electrons. The van der Waals surface area contributed by atoms with Crippen LogP contribution in [-0.2, 0) is 9.53 Å². The fourth-order valence-electron chi connectivity index (χ4n) is 2.05. The van der Waals surface area contributed by atoms with Crippen molar-refractivity contribution in [1.82, 2.24) is 9.97 Å². The van der Waals surface area contributed by atoms with Gasteiger partial charge in [0, 0.05) is 5.69 Å². The van der Waals surface area contributed by atoms with Gasteiger partial charge in [-0.1, -0.05) is 11.6 Å². The maximum atomic E-state index is 13.0. The predicted octanol–water partition coefficient (Wildman–Crippen LogP) is 3.15. The molecule has 0 aliphatic rings. The van der Waals surface area contributed by atoms with Crippen LogP contribution in [0.1, 0.15) is 10.4 Å². The fourth-order valence-corrected chi connectivity index (χ4v) is 2.23. The maximum absolute atomic E-state index is 13.0. The highest BCUT2D eigenvalue weighted by Gasteiger charge is 2.12. The number of anilines is 1. The van der Waals surface area contributed by atoms with Crippen molar-refractivity contribution in [2.45, 2.75) is 0 Å². The first kappa shape index (κ1) is 15.9. The van der Waals surface area contributed by atoms with Gasteiger partial charge >= 0.3 is 5.97 Å². The Labute approximate surface area is 140 Å². The number of halogens is 2. The Kier molecular flexibility index (Phi) is 4.43. The van der Waals surface area contributed by atoms with Gasteiger partial charge in [0.05, 0.1) is 27.9 Å². The van der Waals surface area contributed by atoms with Crippen LogP contribution in [0.4, 0.5) is 10.1 Å². The number of aromatic nitrogens is 2. The van der Waals surface area contributed by atoms with E-state index < -0.39 is 24.3 Å². The summed E-state index contributed by atoms with van der Waals surface area (Å²) in [7, 11) is 0. The van der Waals surface area contributed by atoms with Crippen LogP contribution in [0.25, 0.3) is 11.0 Å². The first-order chi connectivity index (χ1) is 11.5. The molecule has 3 rings (SSSR count). The molecule has 1 heterocycles. The Morgan fingerprint density at radius 3 is 2.88 bits per heavy atom. The molecule has 0 aliphatic carbocycles. The molecule has 6 nitrogen and oxygen atoms in total. The van der Waals surface area contributed by atoms with Crippen molar-refractivity contribution in [3.63, 3.8) is 0 Å². The highest BCUT2D eigenvalue weighted by atomic mass is 35.5. The summed E-state index contributed by atoms with van der Waals surface area (Å²) in [6, 6.07) is 8.56. The molecule has 0 fully saturated rings. The van der Waals surface area contributed by atoms with Gasteiger partial charge in [0.25, 0.3) is 5.91 Å². The van der Waals surface area contributed by atoms with E-state index in [1.165, 1.54) is 18.5 Å². The molecular weight excluding hydrogens is 337 g/mol. The number of aromatic amines is 1. The van der Waals surface area contributed by atoms with Crippen LogP contribution in [0, 0.1) is 5.82 Å². The van der Waals surface area contributed by atoms with E-state index in [2.05, 4.69) is 15.3 Å². The van der Waals surface area contributed by atoms with Crippen molar-refractivity contribution >= 4 is 40.2 Å². The average molecular weight is 348 g/mol. The molecule has 1 amide bonds. The number of rotatable bonds is 4. The van der Waals surface area contributed by atoms with Crippen LogP contribution in [0.3, 0.4) is 0 Å². The van der Waals surface area contributed by atoms with E-state index in [-0.39, 0.29) is 5.02 Å². The zero-order valence-corrected chi connectivity index (χ0v) is 12.9. The lowest BCUT2D eigenvalue weighted by molar-refractivity contribution is -0.119.